The SMILES string of the molecule is CCNc1ccc(C(=O)OCc2cc(=O)n3cc(Br)ccc3n2)cc1[N+](=O)[O-]. The first-order valence-electron chi connectivity index (χ1n) is 8.26. The van der Waals surface area contributed by atoms with Crippen molar-refractivity contribution >= 4 is 38.9 Å². The Morgan fingerprint density at radius 2 is 2.11 bits per heavy atom. The summed E-state index contributed by atoms with van der Waals surface area (Å²) in [5.41, 5.74) is 0.507. The summed E-state index contributed by atoms with van der Waals surface area (Å²) in [5.74, 6) is -0.746. The van der Waals surface area contributed by atoms with Crippen LogP contribution in [0.1, 0.15) is 23.0 Å². The fraction of sp³-hybridized carbons (Fsp3) is 0.167. The molecule has 3 rings (SSSR count). The average molecular weight is 447 g/mol. The predicted octanol–water partition coefficient (Wildman–Crippen LogP) is 3.15. The van der Waals surface area contributed by atoms with Gasteiger partial charge < -0.3 is 10.1 Å². The van der Waals surface area contributed by atoms with Crippen molar-refractivity contribution in [2.75, 3.05) is 11.9 Å². The monoisotopic (exact) mass is 446 g/mol. The van der Waals surface area contributed by atoms with Crippen LogP contribution in [-0.4, -0.2) is 26.8 Å². The maximum Gasteiger partial charge on any atom is 0.338 e. The van der Waals surface area contributed by atoms with Gasteiger partial charge >= 0.3 is 5.97 Å². The van der Waals surface area contributed by atoms with Gasteiger partial charge in [-0.25, -0.2) is 9.78 Å². The van der Waals surface area contributed by atoms with Gasteiger partial charge in [0, 0.05) is 29.3 Å². The van der Waals surface area contributed by atoms with E-state index in [0.29, 0.717) is 17.9 Å². The number of halogens is 1. The maximum absolute atomic E-state index is 12.3. The Balaban J connectivity index is 1.80. The van der Waals surface area contributed by atoms with E-state index in [1.165, 1.54) is 22.6 Å². The van der Waals surface area contributed by atoms with Gasteiger partial charge in [-0.1, -0.05) is 0 Å². The number of aromatic nitrogens is 2. The van der Waals surface area contributed by atoms with Crippen LogP contribution in [0.2, 0.25) is 0 Å². The molecule has 1 aromatic carbocycles. The number of benzene rings is 1. The summed E-state index contributed by atoms with van der Waals surface area (Å²) in [6.45, 7) is 2.08. The molecule has 0 bridgehead atoms. The van der Waals surface area contributed by atoms with Crippen molar-refractivity contribution in [1.82, 2.24) is 9.38 Å². The van der Waals surface area contributed by atoms with E-state index < -0.39 is 10.9 Å². The number of rotatable bonds is 6. The molecule has 0 saturated carbocycles. The third kappa shape index (κ3) is 4.17. The summed E-state index contributed by atoms with van der Waals surface area (Å²) >= 11 is 3.28. The van der Waals surface area contributed by atoms with Gasteiger partial charge in [-0.2, -0.15) is 0 Å². The quantitative estimate of drug-likeness (QED) is 0.351. The van der Waals surface area contributed by atoms with E-state index in [1.54, 1.807) is 18.3 Å². The van der Waals surface area contributed by atoms with E-state index in [-0.39, 0.29) is 29.1 Å². The molecule has 2 aromatic heterocycles. The van der Waals surface area contributed by atoms with Crippen LogP contribution in [0, 0.1) is 10.1 Å². The molecule has 0 fully saturated rings. The number of fused-ring (bicyclic) bond motifs is 1. The minimum atomic E-state index is -0.746. The largest absolute Gasteiger partial charge is 0.456 e. The topological polar surface area (TPSA) is 116 Å². The highest BCUT2D eigenvalue weighted by Gasteiger charge is 2.18. The Morgan fingerprint density at radius 3 is 2.82 bits per heavy atom. The lowest BCUT2D eigenvalue weighted by Gasteiger charge is -2.08. The molecule has 0 spiro atoms. The first kappa shape index (κ1) is 19.5. The molecule has 0 atom stereocenters. The zero-order valence-corrected chi connectivity index (χ0v) is 16.3. The van der Waals surface area contributed by atoms with Gasteiger partial charge in [0.25, 0.3) is 11.2 Å². The number of hydrogen-bond acceptors (Lipinski definition) is 7. The van der Waals surface area contributed by atoms with Gasteiger partial charge in [0.2, 0.25) is 0 Å². The number of ether oxygens (including phenoxy) is 1. The van der Waals surface area contributed by atoms with Gasteiger partial charge in [0.05, 0.1) is 16.2 Å². The van der Waals surface area contributed by atoms with E-state index >= 15 is 0 Å². The van der Waals surface area contributed by atoms with Gasteiger partial charge in [0.15, 0.2) is 0 Å². The third-order valence-electron chi connectivity index (χ3n) is 3.83. The summed E-state index contributed by atoms with van der Waals surface area (Å²) in [6.07, 6.45) is 1.59. The lowest BCUT2D eigenvalue weighted by molar-refractivity contribution is -0.384. The highest BCUT2D eigenvalue weighted by Crippen LogP contribution is 2.25. The predicted molar refractivity (Wildman–Crippen MR) is 106 cm³/mol. The summed E-state index contributed by atoms with van der Waals surface area (Å²) < 4.78 is 7.26. The molecule has 3 aromatic rings. The molecule has 2 heterocycles. The number of nitrogens with zero attached hydrogens (tertiary/aromatic N) is 3. The summed E-state index contributed by atoms with van der Waals surface area (Å²) in [5, 5.41) is 14.1. The molecule has 0 aliphatic carbocycles. The second-order valence-electron chi connectivity index (χ2n) is 5.76. The van der Waals surface area contributed by atoms with Gasteiger partial charge in [-0.05, 0) is 47.1 Å². The van der Waals surface area contributed by atoms with Crippen molar-refractivity contribution in [1.29, 1.82) is 0 Å². The zero-order chi connectivity index (χ0) is 20.3. The summed E-state index contributed by atoms with van der Waals surface area (Å²) in [6, 6.07) is 8.70. The fourth-order valence-electron chi connectivity index (χ4n) is 2.57. The molecule has 1 N–H and O–H groups in total. The van der Waals surface area contributed by atoms with Crippen LogP contribution in [0.4, 0.5) is 11.4 Å². The molecule has 10 heteroatoms. The van der Waals surface area contributed by atoms with Crippen LogP contribution >= 0.6 is 15.9 Å². The molecular formula is C18H15BrN4O5. The molecule has 0 radical (unpaired) electrons. The van der Waals surface area contributed by atoms with E-state index in [9.17, 15) is 19.7 Å². The Morgan fingerprint density at radius 1 is 1.32 bits per heavy atom. The number of nitro groups is 1. The minimum absolute atomic E-state index is 0.0368. The zero-order valence-electron chi connectivity index (χ0n) is 14.7. The highest BCUT2D eigenvalue weighted by atomic mass is 79.9. The molecule has 144 valence electrons. The number of carbonyl (C=O) groups is 1. The number of esters is 1. The average Bonchev–Trinajstić information content (AvgIpc) is 2.67. The molecule has 0 amide bonds. The third-order valence-corrected chi connectivity index (χ3v) is 4.29. The van der Waals surface area contributed by atoms with Crippen LogP contribution in [0.15, 0.2) is 51.9 Å². The second kappa shape index (κ2) is 8.17. The number of anilines is 1. The lowest BCUT2D eigenvalue weighted by Crippen LogP contribution is -2.16. The van der Waals surface area contributed by atoms with Crippen LogP contribution in [-0.2, 0) is 11.3 Å². The summed E-state index contributed by atoms with van der Waals surface area (Å²) in [7, 11) is 0. The number of hydrogen-bond donors (Lipinski definition) is 1. The minimum Gasteiger partial charge on any atom is -0.456 e. The second-order valence-corrected chi connectivity index (χ2v) is 6.67. The molecule has 0 saturated heterocycles. The molecule has 9 nitrogen and oxygen atoms in total. The van der Waals surface area contributed by atoms with E-state index in [1.807, 2.05) is 6.92 Å². The van der Waals surface area contributed by atoms with Gasteiger partial charge in [-0.3, -0.25) is 19.3 Å². The van der Waals surface area contributed by atoms with Crippen molar-refractivity contribution < 1.29 is 14.5 Å². The number of pyridine rings is 1. The molecule has 28 heavy (non-hydrogen) atoms. The number of carbonyl (C=O) groups excluding carboxylic acids is 1. The first-order valence-corrected chi connectivity index (χ1v) is 9.05. The van der Waals surface area contributed by atoms with Crippen LogP contribution in [0.3, 0.4) is 0 Å². The van der Waals surface area contributed by atoms with Gasteiger partial charge in [0.1, 0.15) is 17.9 Å². The molecule has 0 aliphatic heterocycles. The number of nitrogens with one attached hydrogen (secondary N) is 1. The van der Waals surface area contributed by atoms with Crippen molar-refractivity contribution in [3.63, 3.8) is 0 Å². The Kier molecular flexibility index (Phi) is 5.69. The van der Waals surface area contributed by atoms with Crippen LogP contribution in [0.5, 0.6) is 0 Å². The molecule has 0 unspecified atom stereocenters. The van der Waals surface area contributed by atoms with Crippen LogP contribution < -0.4 is 10.9 Å². The van der Waals surface area contributed by atoms with Crippen molar-refractivity contribution in [2.45, 2.75) is 13.5 Å². The Labute approximate surface area is 167 Å². The molecule has 0 aliphatic rings. The van der Waals surface area contributed by atoms with Gasteiger partial charge in [-0.15, -0.1) is 0 Å². The summed E-state index contributed by atoms with van der Waals surface area (Å²) in [4.78, 5) is 39.3. The maximum atomic E-state index is 12.3. The highest BCUT2D eigenvalue weighted by molar-refractivity contribution is 9.10. The van der Waals surface area contributed by atoms with E-state index in [2.05, 4.69) is 26.2 Å². The first-order chi connectivity index (χ1) is 13.4. The fourth-order valence-corrected chi connectivity index (χ4v) is 2.91. The van der Waals surface area contributed by atoms with Crippen molar-refractivity contribution in [3.8, 4) is 0 Å². The Bertz CT molecular complexity index is 1130. The smallest absolute Gasteiger partial charge is 0.338 e. The lowest BCUT2D eigenvalue weighted by atomic mass is 10.1. The normalized spacial score (nSPS) is 10.6. The molecular weight excluding hydrogens is 432 g/mol. The van der Waals surface area contributed by atoms with Crippen LogP contribution in [0.25, 0.3) is 5.65 Å². The Hall–Kier alpha value is -3.27. The van der Waals surface area contributed by atoms with Crippen molar-refractivity contribution in [2.24, 2.45) is 0 Å². The van der Waals surface area contributed by atoms with E-state index in [4.69, 9.17) is 4.74 Å². The van der Waals surface area contributed by atoms with Crippen molar-refractivity contribution in [3.05, 3.63) is 78.8 Å². The van der Waals surface area contributed by atoms with E-state index in [0.717, 1.165) is 10.5 Å². The number of nitro benzene ring substituents is 1. The standard InChI is InChI=1S/C18H15BrN4O5/c1-2-20-14-5-3-11(7-15(14)23(26)27)18(25)28-10-13-8-17(24)22-9-12(19)4-6-16(22)21-13/h3-9,20H,2,10H2,1H3.